The van der Waals surface area contributed by atoms with Gasteiger partial charge in [-0.25, -0.2) is 17.7 Å². The lowest BCUT2D eigenvalue weighted by atomic mass is 9.99. The summed E-state index contributed by atoms with van der Waals surface area (Å²) in [5.41, 5.74) is 2.28. The van der Waals surface area contributed by atoms with Gasteiger partial charge in [0.2, 0.25) is 10.0 Å². The van der Waals surface area contributed by atoms with E-state index in [0.717, 1.165) is 36.2 Å². The molecule has 1 amide bonds. The lowest BCUT2D eigenvalue weighted by Crippen LogP contribution is -2.38. The monoisotopic (exact) mass is 426 g/mol. The number of aromatic nitrogens is 2. The predicted octanol–water partition coefficient (Wildman–Crippen LogP) is 2.45. The molecule has 0 aliphatic carbocycles. The van der Waals surface area contributed by atoms with Gasteiger partial charge in [0, 0.05) is 31.7 Å². The average Bonchev–Trinajstić information content (AvgIpc) is 3.14. The van der Waals surface area contributed by atoms with E-state index in [1.807, 2.05) is 59.1 Å². The molecule has 3 heterocycles. The molecule has 0 unspecified atom stereocenters. The number of fused-ring (bicyclic) bond motifs is 1. The molecule has 1 fully saturated rings. The first-order valence-electron chi connectivity index (χ1n) is 10.2. The van der Waals surface area contributed by atoms with Gasteiger partial charge in [0.05, 0.1) is 11.8 Å². The number of pyridine rings is 1. The normalized spacial score (nSPS) is 17.8. The number of hydrogen-bond acceptors (Lipinski definition) is 4. The topological polar surface area (TPSA) is 83.8 Å². The van der Waals surface area contributed by atoms with Crippen molar-refractivity contribution in [3.8, 4) is 0 Å². The number of benzene rings is 1. The van der Waals surface area contributed by atoms with Gasteiger partial charge in [0.1, 0.15) is 5.82 Å². The van der Waals surface area contributed by atoms with Crippen LogP contribution in [0.25, 0.3) is 5.52 Å². The Kier molecular flexibility index (Phi) is 5.87. The molecule has 0 saturated carbocycles. The maximum Gasteiger partial charge on any atom is 0.272 e. The van der Waals surface area contributed by atoms with Crippen LogP contribution >= 0.6 is 0 Å². The summed E-state index contributed by atoms with van der Waals surface area (Å²) in [7, 11) is -3.25. The van der Waals surface area contributed by atoms with Gasteiger partial charge in [-0.2, -0.15) is 0 Å². The molecule has 1 saturated heterocycles. The van der Waals surface area contributed by atoms with Gasteiger partial charge in [-0.15, -0.1) is 0 Å². The van der Waals surface area contributed by atoms with E-state index in [9.17, 15) is 13.2 Å². The molecule has 30 heavy (non-hydrogen) atoms. The van der Waals surface area contributed by atoms with E-state index >= 15 is 0 Å². The largest absolute Gasteiger partial charge is 0.350 e. The van der Waals surface area contributed by atoms with Crippen molar-refractivity contribution in [1.29, 1.82) is 0 Å². The highest BCUT2D eigenvalue weighted by molar-refractivity contribution is 7.88. The Hall–Kier alpha value is -2.71. The summed E-state index contributed by atoms with van der Waals surface area (Å²) in [4.78, 5) is 17.6. The second-order valence-corrected chi connectivity index (χ2v) is 9.71. The number of hydrogen-bond donors (Lipinski definition) is 1. The highest BCUT2D eigenvalue weighted by atomic mass is 32.2. The van der Waals surface area contributed by atoms with Crippen LogP contribution < -0.4 is 5.32 Å². The van der Waals surface area contributed by atoms with E-state index in [1.165, 1.54) is 10.6 Å². The zero-order valence-electron chi connectivity index (χ0n) is 17.0. The summed E-state index contributed by atoms with van der Waals surface area (Å²) < 4.78 is 27.4. The minimum absolute atomic E-state index is 0.0470. The smallest absolute Gasteiger partial charge is 0.272 e. The summed E-state index contributed by atoms with van der Waals surface area (Å²) >= 11 is 0. The molecule has 1 atom stereocenters. The van der Waals surface area contributed by atoms with Gasteiger partial charge in [-0.05, 0) is 37.0 Å². The van der Waals surface area contributed by atoms with Crippen LogP contribution in [0.4, 0.5) is 0 Å². The van der Waals surface area contributed by atoms with Crippen LogP contribution in [0.1, 0.15) is 40.6 Å². The van der Waals surface area contributed by atoms with Crippen LogP contribution in [0.5, 0.6) is 0 Å². The summed E-state index contributed by atoms with van der Waals surface area (Å²) in [6, 6.07) is 15.7. The molecule has 1 aliphatic heterocycles. The molecule has 1 aliphatic rings. The molecule has 3 aromatic rings. The molecular formula is C22H26N4O3S. The molecule has 1 N–H and O–H groups in total. The molecule has 158 valence electrons. The van der Waals surface area contributed by atoms with Crippen molar-refractivity contribution >= 4 is 21.4 Å². The van der Waals surface area contributed by atoms with Crippen molar-refractivity contribution in [2.45, 2.75) is 25.2 Å². The molecule has 2 aromatic heterocycles. The van der Waals surface area contributed by atoms with Crippen molar-refractivity contribution in [2.24, 2.45) is 0 Å². The zero-order chi connectivity index (χ0) is 21.1. The first kappa shape index (κ1) is 20.6. The van der Waals surface area contributed by atoms with E-state index < -0.39 is 10.0 Å². The van der Waals surface area contributed by atoms with Crippen LogP contribution in [-0.4, -0.2) is 53.9 Å². The van der Waals surface area contributed by atoms with Gasteiger partial charge in [-0.1, -0.05) is 36.4 Å². The third-order valence-corrected chi connectivity index (χ3v) is 6.82. The molecule has 0 spiro atoms. The fourth-order valence-corrected chi connectivity index (χ4v) is 4.93. The average molecular weight is 427 g/mol. The van der Waals surface area contributed by atoms with Crippen LogP contribution in [0, 0.1) is 0 Å². The third kappa shape index (κ3) is 4.39. The number of imidazole rings is 1. The third-order valence-electron chi connectivity index (χ3n) is 5.55. The number of amides is 1. The fourth-order valence-electron chi connectivity index (χ4n) is 4.02. The highest BCUT2D eigenvalue weighted by Gasteiger charge is 2.30. The Labute approximate surface area is 176 Å². The second-order valence-electron chi connectivity index (χ2n) is 7.73. The maximum atomic E-state index is 12.9. The first-order valence-corrected chi connectivity index (χ1v) is 12.0. The van der Waals surface area contributed by atoms with Crippen LogP contribution in [-0.2, 0) is 16.4 Å². The Bertz CT molecular complexity index is 1140. The Morgan fingerprint density at radius 1 is 1.17 bits per heavy atom. The minimum atomic E-state index is -3.25. The van der Waals surface area contributed by atoms with Crippen LogP contribution in [0.2, 0.25) is 0 Å². The summed E-state index contributed by atoms with van der Waals surface area (Å²) in [6.07, 6.45) is 5.49. The van der Waals surface area contributed by atoms with Crippen LogP contribution in [0.15, 0.2) is 54.7 Å². The lowest BCUT2D eigenvalue weighted by Gasteiger charge is -2.30. The SMILES string of the molecule is CS(=O)(=O)N1CCC[C@@H](c2nc(C(=O)NCCc3ccccc3)c3ccccn23)C1. The van der Waals surface area contributed by atoms with Crippen molar-refractivity contribution in [3.63, 3.8) is 0 Å². The van der Waals surface area contributed by atoms with Crippen molar-refractivity contribution in [3.05, 3.63) is 71.8 Å². The standard InChI is InChI=1S/C22H26N4O3S/c1-30(28,29)25-14-7-10-18(16-25)21-24-20(19-11-5-6-15-26(19)21)22(27)23-13-12-17-8-3-2-4-9-17/h2-6,8-9,11,15,18H,7,10,12-14,16H2,1H3,(H,23,27)/t18-/m1/s1. The van der Waals surface area contributed by atoms with E-state index in [2.05, 4.69) is 10.3 Å². The fraction of sp³-hybridized carbons (Fsp3) is 0.364. The lowest BCUT2D eigenvalue weighted by molar-refractivity contribution is 0.0951. The molecular weight excluding hydrogens is 400 g/mol. The maximum absolute atomic E-state index is 12.9. The molecule has 0 radical (unpaired) electrons. The molecule has 4 rings (SSSR count). The minimum Gasteiger partial charge on any atom is -0.350 e. The Morgan fingerprint density at radius 2 is 1.93 bits per heavy atom. The van der Waals surface area contributed by atoms with E-state index in [-0.39, 0.29) is 11.8 Å². The number of nitrogens with one attached hydrogen (secondary N) is 1. The first-order chi connectivity index (χ1) is 14.4. The number of rotatable bonds is 6. The molecule has 1 aromatic carbocycles. The molecule has 8 heteroatoms. The van der Waals surface area contributed by atoms with Crippen molar-refractivity contribution in [1.82, 2.24) is 19.0 Å². The van der Waals surface area contributed by atoms with Crippen molar-refractivity contribution in [2.75, 3.05) is 25.9 Å². The van der Waals surface area contributed by atoms with Gasteiger partial charge in [0.25, 0.3) is 5.91 Å². The summed E-state index contributed by atoms with van der Waals surface area (Å²) in [6.45, 7) is 1.45. The summed E-state index contributed by atoms with van der Waals surface area (Å²) in [5.74, 6) is 0.484. The van der Waals surface area contributed by atoms with Gasteiger partial charge >= 0.3 is 0 Å². The van der Waals surface area contributed by atoms with Gasteiger partial charge in [-0.3, -0.25) is 4.79 Å². The van der Waals surface area contributed by atoms with E-state index in [1.54, 1.807) is 0 Å². The molecule has 7 nitrogen and oxygen atoms in total. The number of carbonyl (C=O) groups excluding carboxylic acids is 1. The van der Waals surface area contributed by atoms with E-state index in [4.69, 9.17) is 0 Å². The Balaban J connectivity index is 1.55. The van der Waals surface area contributed by atoms with Gasteiger partial charge in [0.15, 0.2) is 5.69 Å². The van der Waals surface area contributed by atoms with Gasteiger partial charge < -0.3 is 9.72 Å². The number of piperidine rings is 1. The highest BCUT2D eigenvalue weighted by Crippen LogP contribution is 2.29. The molecule has 0 bridgehead atoms. The van der Waals surface area contributed by atoms with E-state index in [0.29, 0.717) is 25.3 Å². The zero-order valence-corrected chi connectivity index (χ0v) is 17.8. The van der Waals surface area contributed by atoms with Crippen molar-refractivity contribution < 1.29 is 13.2 Å². The second kappa shape index (κ2) is 8.57. The van der Waals surface area contributed by atoms with Crippen LogP contribution in [0.3, 0.4) is 0 Å². The number of nitrogens with zero attached hydrogens (tertiary/aromatic N) is 3. The summed E-state index contributed by atoms with van der Waals surface area (Å²) in [5, 5.41) is 2.97. The number of sulfonamides is 1. The quantitative estimate of drug-likeness (QED) is 0.656. The number of carbonyl (C=O) groups is 1. The predicted molar refractivity (Wildman–Crippen MR) is 116 cm³/mol. The Morgan fingerprint density at radius 3 is 2.70 bits per heavy atom.